The number of rotatable bonds is 4. The van der Waals surface area contributed by atoms with Crippen LogP contribution in [0.15, 0.2) is 36.5 Å². The number of nitrogens with zero attached hydrogens (tertiary/aromatic N) is 4. The molecule has 1 aromatic carbocycles. The standard InChI is InChI=1S/C21H28N4O/c1-2-10-23-12-14-24(15-13-23)21(26)18-9-6-11-25-19(16-22-20(18)25)17-7-4-3-5-8-17/h3-5,7-8,16,18H,2,6,9-15H2,1H3/t18-/m1/s1. The number of piperazine rings is 1. The van der Waals surface area contributed by atoms with Crippen LogP contribution in [0.25, 0.3) is 11.3 Å². The number of carbonyl (C=O) groups is 1. The van der Waals surface area contributed by atoms with Crippen LogP contribution in [-0.4, -0.2) is 58.0 Å². The molecule has 1 saturated heterocycles. The van der Waals surface area contributed by atoms with Gasteiger partial charge in [0.25, 0.3) is 0 Å². The molecule has 2 aromatic rings. The monoisotopic (exact) mass is 352 g/mol. The van der Waals surface area contributed by atoms with E-state index >= 15 is 0 Å². The molecule has 138 valence electrons. The summed E-state index contributed by atoms with van der Waals surface area (Å²) in [4.78, 5) is 22.4. The molecule has 4 rings (SSSR count). The second-order valence-corrected chi connectivity index (χ2v) is 7.38. The molecule has 0 spiro atoms. The Hall–Kier alpha value is -2.14. The van der Waals surface area contributed by atoms with Crippen molar-refractivity contribution in [2.45, 2.75) is 38.6 Å². The summed E-state index contributed by atoms with van der Waals surface area (Å²) < 4.78 is 2.26. The Morgan fingerprint density at radius 2 is 1.88 bits per heavy atom. The Bertz CT molecular complexity index is 747. The summed E-state index contributed by atoms with van der Waals surface area (Å²) in [6.45, 7) is 7.99. The first-order valence-electron chi connectivity index (χ1n) is 9.90. The highest BCUT2D eigenvalue weighted by atomic mass is 16.2. The Kier molecular flexibility index (Phi) is 5.07. The highest BCUT2D eigenvalue weighted by Gasteiger charge is 2.34. The smallest absolute Gasteiger partial charge is 0.233 e. The molecule has 1 amide bonds. The molecule has 0 saturated carbocycles. The van der Waals surface area contributed by atoms with Crippen molar-refractivity contribution in [3.05, 3.63) is 42.4 Å². The van der Waals surface area contributed by atoms with E-state index in [1.165, 1.54) is 12.0 Å². The second kappa shape index (κ2) is 7.62. The molecular formula is C21H28N4O. The highest BCUT2D eigenvalue weighted by molar-refractivity contribution is 5.83. The van der Waals surface area contributed by atoms with E-state index in [0.717, 1.165) is 63.6 Å². The van der Waals surface area contributed by atoms with Crippen molar-refractivity contribution in [2.75, 3.05) is 32.7 Å². The van der Waals surface area contributed by atoms with E-state index in [-0.39, 0.29) is 11.8 Å². The fraction of sp³-hybridized carbons (Fsp3) is 0.524. The van der Waals surface area contributed by atoms with Crippen LogP contribution in [0.5, 0.6) is 0 Å². The van der Waals surface area contributed by atoms with Gasteiger partial charge in [-0.25, -0.2) is 4.98 Å². The number of carbonyl (C=O) groups excluding carboxylic acids is 1. The van der Waals surface area contributed by atoms with Crippen LogP contribution in [0.3, 0.4) is 0 Å². The number of amides is 1. The molecule has 5 heteroatoms. The minimum atomic E-state index is -0.0843. The molecule has 0 aliphatic carbocycles. The van der Waals surface area contributed by atoms with Crippen LogP contribution in [-0.2, 0) is 11.3 Å². The van der Waals surface area contributed by atoms with Crippen molar-refractivity contribution < 1.29 is 4.79 Å². The SMILES string of the molecule is CCCN1CCN(C(=O)[C@@H]2CCCn3c(-c4ccccc4)cnc32)CC1. The quantitative estimate of drug-likeness (QED) is 0.849. The fourth-order valence-electron chi connectivity index (χ4n) is 4.29. The Morgan fingerprint density at radius 1 is 1.12 bits per heavy atom. The van der Waals surface area contributed by atoms with E-state index in [0.29, 0.717) is 0 Å². The summed E-state index contributed by atoms with van der Waals surface area (Å²) in [6.07, 6.45) is 5.07. The van der Waals surface area contributed by atoms with E-state index in [9.17, 15) is 4.79 Å². The number of imidazole rings is 1. The van der Waals surface area contributed by atoms with Gasteiger partial charge in [-0.15, -0.1) is 0 Å². The van der Waals surface area contributed by atoms with Crippen molar-refractivity contribution in [3.8, 4) is 11.3 Å². The predicted octanol–water partition coefficient (Wildman–Crippen LogP) is 2.98. The van der Waals surface area contributed by atoms with Gasteiger partial charge in [-0.05, 0) is 31.4 Å². The van der Waals surface area contributed by atoms with Gasteiger partial charge >= 0.3 is 0 Å². The number of hydrogen-bond donors (Lipinski definition) is 0. The van der Waals surface area contributed by atoms with Gasteiger partial charge < -0.3 is 9.47 Å². The number of fused-ring (bicyclic) bond motifs is 1. The summed E-state index contributed by atoms with van der Waals surface area (Å²) in [6, 6.07) is 10.4. The maximum Gasteiger partial charge on any atom is 0.233 e. The lowest BCUT2D eigenvalue weighted by Gasteiger charge is -2.37. The van der Waals surface area contributed by atoms with Crippen molar-refractivity contribution in [3.63, 3.8) is 0 Å². The summed E-state index contributed by atoms with van der Waals surface area (Å²) in [5.74, 6) is 1.14. The van der Waals surface area contributed by atoms with Crippen molar-refractivity contribution >= 4 is 5.91 Å². The van der Waals surface area contributed by atoms with Crippen LogP contribution in [0.1, 0.15) is 37.9 Å². The van der Waals surface area contributed by atoms with E-state index in [1.807, 2.05) is 12.3 Å². The third-order valence-corrected chi connectivity index (χ3v) is 5.66. The van der Waals surface area contributed by atoms with Crippen LogP contribution in [0.4, 0.5) is 0 Å². The zero-order valence-electron chi connectivity index (χ0n) is 15.6. The largest absolute Gasteiger partial charge is 0.340 e. The molecule has 26 heavy (non-hydrogen) atoms. The van der Waals surface area contributed by atoms with Crippen molar-refractivity contribution in [1.29, 1.82) is 0 Å². The average Bonchev–Trinajstić information content (AvgIpc) is 3.13. The summed E-state index contributed by atoms with van der Waals surface area (Å²) in [7, 11) is 0. The van der Waals surface area contributed by atoms with Gasteiger partial charge in [-0.3, -0.25) is 9.69 Å². The number of benzene rings is 1. The molecule has 1 aromatic heterocycles. The molecule has 0 bridgehead atoms. The Labute approximate surface area is 155 Å². The molecule has 1 fully saturated rings. The van der Waals surface area contributed by atoms with E-state index in [4.69, 9.17) is 0 Å². The van der Waals surface area contributed by atoms with Gasteiger partial charge in [-0.2, -0.15) is 0 Å². The normalized spacial score (nSPS) is 20.8. The minimum absolute atomic E-state index is 0.0843. The Morgan fingerprint density at radius 3 is 2.62 bits per heavy atom. The van der Waals surface area contributed by atoms with Crippen molar-refractivity contribution in [2.24, 2.45) is 0 Å². The highest BCUT2D eigenvalue weighted by Crippen LogP contribution is 2.33. The Balaban J connectivity index is 1.52. The van der Waals surface area contributed by atoms with Gasteiger partial charge in [0.15, 0.2) is 0 Å². The van der Waals surface area contributed by atoms with Gasteiger partial charge in [-0.1, -0.05) is 37.3 Å². The molecule has 0 unspecified atom stereocenters. The molecule has 0 N–H and O–H groups in total. The molecular weight excluding hydrogens is 324 g/mol. The zero-order chi connectivity index (χ0) is 17.9. The van der Waals surface area contributed by atoms with Crippen molar-refractivity contribution in [1.82, 2.24) is 19.4 Å². The lowest BCUT2D eigenvalue weighted by Crippen LogP contribution is -2.50. The minimum Gasteiger partial charge on any atom is -0.340 e. The van der Waals surface area contributed by atoms with Gasteiger partial charge in [0.05, 0.1) is 17.8 Å². The molecule has 3 heterocycles. The lowest BCUT2D eigenvalue weighted by molar-refractivity contribution is -0.135. The van der Waals surface area contributed by atoms with Gasteiger partial charge in [0, 0.05) is 32.7 Å². The average molecular weight is 352 g/mol. The van der Waals surface area contributed by atoms with Crippen LogP contribution >= 0.6 is 0 Å². The van der Waals surface area contributed by atoms with E-state index in [2.05, 4.69) is 50.5 Å². The summed E-state index contributed by atoms with van der Waals surface area (Å²) in [5.41, 5.74) is 2.30. The van der Waals surface area contributed by atoms with Crippen LogP contribution in [0, 0.1) is 0 Å². The number of aromatic nitrogens is 2. The first kappa shape index (κ1) is 17.3. The summed E-state index contributed by atoms with van der Waals surface area (Å²) >= 11 is 0. The molecule has 5 nitrogen and oxygen atoms in total. The van der Waals surface area contributed by atoms with E-state index in [1.54, 1.807) is 0 Å². The zero-order valence-corrected chi connectivity index (χ0v) is 15.6. The maximum absolute atomic E-state index is 13.2. The molecule has 2 aliphatic rings. The van der Waals surface area contributed by atoms with Gasteiger partial charge in [0.2, 0.25) is 5.91 Å². The molecule has 2 aliphatic heterocycles. The lowest BCUT2D eigenvalue weighted by atomic mass is 9.96. The fourth-order valence-corrected chi connectivity index (χ4v) is 4.29. The first-order chi connectivity index (χ1) is 12.8. The molecule has 0 radical (unpaired) electrons. The maximum atomic E-state index is 13.2. The van der Waals surface area contributed by atoms with E-state index < -0.39 is 0 Å². The third-order valence-electron chi connectivity index (χ3n) is 5.66. The second-order valence-electron chi connectivity index (χ2n) is 7.38. The topological polar surface area (TPSA) is 41.4 Å². The first-order valence-corrected chi connectivity index (χ1v) is 9.90. The third kappa shape index (κ3) is 3.28. The predicted molar refractivity (Wildman–Crippen MR) is 103 cm³/mol. The van der Waals surface area contributed by atoms with Crippen LogP contribution in [0.2, 0.25) is 0 Å². The van der Waals surface area contributed by atoms with Crippen LogP contribution < -0.4 is 0 Å². The molecule has 1 atom stereocenters. The number of hydrogen-bond acceptors (Lipinski definition) is 3. The van der Waals surface area contributed by atoms with Gasteiger partial charge in [0.1, 0.15) is 5.82 Å². The summed E-state index contributed by atoms with van der Waals surface area (Å²) in [5, 5.41) is 0.